The highest BCUT2D eigenvalue weighted by molar-refractivity contribution is 7.86. The van der Waals surface area contributed by atoms with Crippen molar-refractivity contribution in [2.45, 2.75) is 17.9 Å². The van der Waals surface area contributed by atoms with E-state index in [1.165, 1.54) is 12.1 Å². The summed E-state index contributed by atoms with van der Waals surface area (Å²) in [6.07, 6.45) is -1.07. The van der Waals surface area contributed by atoms with Gasteiger partial charge in [-0.3, -0.25) is 4.18 Å². The number of hydrogen-bond acceptors (Lipinski definition) is 4. The Labute approximate surface area is 129 Å². The van der Waals surface area contributed by atoms with Crippen LogP contribution in [0.5, 0.6) is 0 Å². The Bertz CT molecular complexity index is 711. The summed E-state index contributed by atoms with van der Waals surface area (Å²) in [5.74, 6) is 0. The maximum Gasteiger partial charge on any atom is 0.297 e. The highest BCUT2D eigenvalue weighted by atomic mass is 35.5. The molecule has 4 nitrogen and oxygen atoms in total. The SMILES string of the molecule is Cc1ccc(S(=O)(=O)OC[C@@H](O)c2cccc(Cl)c2)cc1. The fraction of sp³-hybridized carbons (Fsp3) is 0.200. The van der Waals surface area contributed by atoms with Crippen LogP contribution in [0.2, 0.25) is 5.02 Å². The van der Waals surface area contributed by atoms with Crippen LogP contribution in [0.1, 0.15) is 17.2 Å². The molecule has 0 aliphatic carbocycles. The van der Waals surface area contributed by atoms with Gasteiger partial charge in [-0.1, -0.05) is 41.4 Å². The smallest absolute Gasteiger partial charge is 0.297 e. The van der Waals surface area contributed by atoms with Crippen LogP contribution in [0, 0.1) is 6.92 Å². The van der Waals surface area contributed by atoms with Gasteiger partial charge in [0, 0.05) is 5.02 Å². The van der Waals surface area contributed by atoms with Crippen molar-refractivity contribution in [1.82, 2.24) is 0 Å². The molecule has 0 bridgehead atoms. The second kappa shape index (κ2) is 6.58. The van der Waals surface area contributed by atoms with Gasteiger partial charge in [-0.2, -0.15) is 8.42 Å². The molecule has 0 aliphatic rings. The van der Waals surface area contributed by atoms with Gasteiger partial charge in [0.05, 0.1) is 11.5 Å². The number of aliphatic hydroxyl groups excluding tert-OH is 1. The van der Waals surface area contributed by atoms with Gasteiger partial charge in [0.2, 0.25) is 0 Å². The predicted octanol–water partition coefficient (Wildman–Crippen LogP) is 3.09. The number of hydrogen-bond donors (Lipinski definition) is 1. The topological polar surface area (TPSA) is 63.6 Å². The summed E-state index contributed by atoms with van der Waals surface area (Å²) in [6.45, 7) is 1.50. The fourth-order valence-corrected chi connectivity index (χ4v) is 2.85. The van der Waals surface area contributed by atoms with Crippen molar-refractivity contribution in [2.75, 3.05) is 6.61 Å². The van der Waals surface area contributed by atoms with Gasteiger partial charge in [-0.15, -0.1) is 0 Å². The van der Waals surface area contributed by atoms with Gasteiger partial charge < -0.3 is 5.11 Å². The highest BCUT2D eigenvalue weighted by Gasteiger charge is 2.18. The molecule has 0 radical (unpaired) electrons. The van der Waals surface area contributed by atoms with E-state index in [4.69, 9.17) is 15.8 Å². The molecular weight excluding hydrogens is 312 g/mol. The molecule has 112 valence electrons. The standard InChI is InChI=1S/C15H15ClO4S/c1-11-5-7-14(8-6-11)21(18,19)20-10-15(17)12-3-2-4-13(16)9-12/h2-9,15,17H,10H2,1H3/t15-/m1/s1. The van der Waals surface area contributed by atoms with Crippen molar-refractivity contribution >= 4 is 21.7 Å². The van der Waals surface area contributed by atoms with Crippen molar-refractivity contribution in [2.24, 2.45) is 0 Å². The number of rotatable bonds is 5. The van der Waals surface area contributed by atoms with Crippen LogP contribution < -0.4 is 0 Å². The van der Waals surface area contributed by atoms with Gasteiger partial charge in [0.15, 0.2) is 0 Å². The van der Waals surface area contributed by atoms with Gasteiger partial charge in [0.1, 0.15) is 6.10 Å². The second-order valence-corrected chi connectivity index (χ2v) is 6.67. The van der Waals surface area contributed by atoms with E-state index in [1.54, 1.807) is 36.4 Å². The Morgan fingerprint density at radius 2 is 1.86 bits per heavy atom. The maximum absolute atomic E-state index is 12.0. The van der Waals surface area contributed by atoms with E-state index in [9.17, 15) is 13.5 Å². The quantitative estimate of drug-likeness (QED) is 0.858. The summed E-state index contributed by atoms with van der Waals surface area (Å²) in [6, 6.07) is 12.9. The number of aryl methyl sites for hydroxylation is 1. The molecule has 0 aromatic heterocycles. The summed E-state index contributed by atoms with van der Waals surface area (Å²) in [4.78, 5) is 0.0615. The van der Waals surface area contributed by atoms with E-state index >= 15 is 0 Å². The van der Waals surface area contributed by atoms with Crippen molar-refractivity contribution in [3.63, 3.8) is 0 Å². The van der Waals surface area contributed by atoms with Gasteiger partial charge >= 0.3 is 0 Å². The predicted molar refractivity (Wildman–Crippen MR) is 80.7 cm³/mol. The fourth-order valence-electron chi connectivity index (χ4n) is 1.74. The minimum atomic E-state index is -3.88. The Kier molecular flexibility index (Phi) is 5.00. The Balaban J connectivity index is 2.06. The van der Waals surface area contributed by atoms with E-state index in [-0.39, 0.29) is 11.5 Å². The summed E-state index contributed by atoms with van der Waals surface area (Å²) in [5, 5.41) is 10.4. The summed E-state index contributed by atoms with van der Waals surface area (Å²) in [7, 11) is -3.88. The number of halogens is 1. The molecule has 21 heavy (non-hydrogen) atoms. The molecule has 0 heterocycles. The van der Waals surface area contributed by atoms with E-state index in [0.29, 0.717) is 10.6 Å². The molecular formula is C15H15ClO4S. The Hall–Kier alpha value is -1.40. The van der Waals surface area contributed by atoms with E-state index in [1.807, 2.05) is 6.92 Å². The molecule has 0 saturated carbocycles. The third-order valence-electron chi connectivity index (χ3n) is 2.92. The van der Waals surface area contributed by atoms with Gasteiger partial charge in [-0.05, 0) is 36.8 Å². The van der Waals surface area contributed by atoms with Crippen LogP contribution in [0.15, 0.2) is 53.4 Å². The molecule has 6 heteroatoms. The molecule has 1 N–H and O–H groups in total. The first kappa shape index (κ1) is 16.0. The van der Waals surface area contributed by atoms with Crippen LogP contribution in [-0.4, -0.2) is 20.1 Å². The molecule has 2 aromatic carbocycles. The molecule has 0 fully saturated rings. The third kappa shape index (κ3) is 4.28. The molecule has 2 rings (SSSR count). The summed E-state index contributed by atoms with van der Waals surface area (Å²) in [5.41, 5.74) is 1.45. The van der Waals surface area contributed by atoms with Crippen LogP contribution >= 0.6 is 11.6 Å². The maximum atomic E-state index is 12.0. The minimum absolute atomic E-state index is 0.0615. The zero-order valence-electron chi connectivity index (χ0n) is 11.4. The lowest BCUT2D eigenvalue weighted by atomic mass is 10.1. The van der Waals surface area contributed by atoms with Crippen molar-refractivity contribution in [3.8, 4) is 0 Å². The van der Waals surface area contributed by atoms with Crippen LogP contribution in [0.3, 0.4) is 0 Å². The Morgan fingerprint density at radius 3 is 2.48 bits per heavy atom. The lowest BCUT2D eigenvalue weighted by Crippen LogP contribution is -2.13. The van der Waals surface area contributed by atoms with Crippen molar-refractivity contribution < 1.29 is 17.7 Å². The van der Waals surface area contributed by atoms with Crippen LogP contribution in [0.25, 0.3) is 0 Å². The minimum Gasteiger partial charge on any atom is -0.386 e. The van der Waals surface area contributed by atoms with Crippen LogP contribution in [0.4, 0.5) is 0 Å². The van der Waals surface area contributed by atoms with Gasteiger partial charge in [0.25, 0.3) is 10.1 Å². The lowest BCUT2D eigenvalue weighted by molar-refractivity contribution is 0.111. The number of aliphatic hydroxyl groups is 1. The van der Waals surface area contributed by atoms with Gasteiger partial charge in [-0.25, -0.2) is 0 Å². The normalized spacial score (nSPS) is 13.1. The molecule has 0 aliphatic heterocycles. The number of benzene rings is 2. The third-order valence-corrected chi connectivity index (χ3v) is 4.46. The average molecular weight is 327 g/mol. The zero-order valence-corrected chi connectivity index (χ0v) is 12.9. The Morgan fingerprint density at radius 1 is 1.19 bits per heavy atom. The summed E-state index contributed by atoms with van der Waals surface area (Å²) >= 11 is 5.82. The lowest BCUT2D eigenvalue weighted by Gasteiger charge is -2.12. The second-order valence-electron chi connectivity index (χ2n) is 4.62. The van der Waals surface area contributed by atoms with E-state index in [2.05, 4.69) is 0 Å². The largest absolute Gasteiger partial charge is 0.386 e. The monoisotopic (exact) mass is 326 g/mol. The highest BCUT2D eigenvalue weighted by Crippen LogP contribution is 2.20. The summed E-state index contributed by atoms with van der Waals surface area (Å²) < 4.78 is 28.9. The molecule has 0 amide bonds. The van der Waals surface area contributed by atoms with Crippen LogP contribution in [-0.2, 0) is 14.3 Å². The average Bonchev–Trinajstić information content (AvgIpc) is 2.45. The molecule has 0 saturated heterocycles. The van der Waals surface area contributed by atoms with Crippen molar-refractivity contribution in [1.29, 1.82) is 0 Å². The first-order valence-electron chi connectivity index (χ1n) is 6.28. The molecule has 2 aromatic rings. The first-order valence-corrected chi connectivity index (χ1v) is 8.07. The molecule has 0 unspecified atom stereocenters. The van der Waals surface area contributed by atoms with Crippen molar-refractivity contribution in [3.05, 3.63) is 64.7 Å². The zero-order chi connectivity index (χ0) is 15.5. The van der Waals surface area contributed by atoms with E-state index < -0.39 is 16.2 Å². The van der Waals surface area contributed by atoms with E-state index in [0.717, 1.165) is 5.56 Å². The molecule has 0 spiro atoms. The first-order chi connectivity index (χ1) is 9.88. The molecule has 1 atom stereocenters.